The summed E-state index contributed by atoms with van der Waals surface area (Å²) in [4.78, 5) is 10.1. The van der Waals surface area contributed by atoms with Crippen LogP contribution in [0.25, 0.3) is 0 Å². The van der Waals surface area contributed by atoms with E-state index in [9.17, 15) is 18.5 Å². The van der Waals surface area contributed by atoms with E-state index in [1.807, 2.05) is 0 Å². The number of rotatable bonds is 4. The van der Waals surface area contributed by atoms with Crippen molar-refractivity contribution in [3.63, 3.8) is 0 Å². The lowest BCUT2D eigenvalue weighted by Crippen LogP contribution is -2.56. The van der Waals surface area contributed by atoms with Gasteiger partial charge in [0.1, 0.15) is 0 Å². The highest BCUT2D eigenvalue weighted by atomic mass is 32.2. The highest BCUT2D eigenvalue weighted by molar-refractivity contribution is 7.89. The lowest BCUT2D eigenvalue weighted by atomic mass is 10.2. The van der Waals surface area contributed by atoms with Crippen molar-refractivity contribution < 1.29 is 13.3 Å². The molecule has 1 aromatic rings. The lowest BCUT2D eigenvalue weighted by molar-refractivity contribution is -0.385. The molecule has 8 heteroatoms. The fourth-order valence-corrected chi connectivity index (χ4v) is 3.24. The fraction of sp³-hybridized carbons (Fsp3) is 0.400. The van der Waals surface area contributed by atoms with Gasteiger partial charge in [-0.25, -0.2) is 13.1 Å². The molecule has 0 aromatic heterocycles. The Kier molecular flexibility index (Phi) is 3.33. The normalized spacial score (nSPS) is 16.3. The zero-order chi connectivity index (χ0) is 13.3. The molecule has 1 heterocycles. The molecule has 0 unspecified atom stereocenters. The summed E-state index contributed by atoms with van der Waals surface area (Å²) in [7, 11) is -3.70. The Hall–Kier alpha value is -1.51. The summed E-state index contributed by atoms with van der Waals surface area (Å²) in [6.07, 6.45) is 0. The summed E-state index contributed by atoms with van der Waals surface area (Å²) in [6.45, 7) is 2.59. The molecule has 0 saturated carbocycles. The van der Waals surface area contributed by atoms with Crippen molar-refractivity contribution in [2.75, 3.05) is 13.1 Å². The molecule has 0 amide bonds. The zero-order valence-corrected chi connectivity index (χ0v) is 10.5. The first-order valence-corrected chi connectivity index (χ1v) is 6.87. The second kappa shape index (κ2) is 4.63. The van der Waals surface area contributed by atoms with Gasteiger partial charge in [0.2, 0.25) is 10.0 Å². The van der Waals surface area contributed by atoms with Crippen LogP contribution >= 0.6 is 0 Å². The molecule has 1 saturated heterocycles. The molecule has 2 N–H and O–H groups in total. The van der Waals surface area contributed by atoms with Crippen LogP contribution in [0.5, 0.6) is 0 Å². The molecule has 0 spiro atoms. The Labute approximate surface area is 104 Å². The maximum Gasteiger partial charge on any atom is 0.273 e. The summed E-state index contributed by atoms with van der Waals surface area (Å²) in [5, 5.41) is 13.7. The van der Waals surface area contributed by atoms with Gasteiger partial charge in [-0.1, -0.05) is 6.07 Å². The average molecular weight is 271 g/mol. The van der Waals surface area contributed by atoms with Gasteiger partial charge in [0.05, 0.1) is 9.82 Å². The van der Waals surface area contributed by atoms with Crippen LogP contribution < -0.4 is 10.0 Å². The van der Waals surface area contributed by atoms with Gasteiger partial charge in [-0.2, -0.15) is 0 Å². The molecule has 1 aromatic carbocycles. The van der Waals surface area contributed by atoms with Gasteiger partial charge in [-0.3, -0.25) is 10.1 Å². The predicted molar refractivity (Wildman–Crippen MR) is 64.8 cm³/mol. The maximum absolute atomic E-state index is 12.1. The smallest absolute Gasteiger partial charge is 0.273 e. The van der Waals surface area contributed by atoms with E-state index in [1.54, 1.807) is 0 Å². The number of hydrogen-bond acceptors (Lipinski definition) is 5. The first-order valence-electron chi connectivity index (χ1n) is 5.39. The van der Waals surface area contributed by atoms with Crippen LogP contribution in [0.15, 0.2) is 23.1 Å². The number of nitro benzene ring substituents is 1. The first kappa shape index (κ1) is 12.9. The van der Waals surface area contributed by atoms with Crippen molar-refractivity contribution in [2.24, 2.45) is 0 Å². The lowest BCUT2D eigenvalue weighted by Gasteiger charge is -2.27. The third kappa shape index (κ3) is 2.35. The molecule has 1 fully saturated rings. The van der Waals surface area contributed by atoms with Gasteiger partial charge in [0.15, 0.2) is 0 Å². The van der Waals surface area contributed by atoms with Crippen molar-refractivity contribution >= 4 is 15.7 Å². The largest absolute Gasteiger partial charge is 0.313 e. The van der Waals surface area contributed by atoms with E-state index in [4.69, 9.17) is 0 Å². The molecule has 1 aliphatic heterocycles. The Morgan fingerprint density at radius 3 is 2.61 bits per heavy atom. The summed E-state index contributed by atoms with van der Waals surface area (Å²) in [6, 6.07) is 3.89. The van der Waals surface area contributed by atoms with Gasteiger partial charge in [-0.15, -0.1) is 0 Å². The number of hydrogen-bond donors (Lipinski definition) is 2. The van der Waals surface area contributed by atoms with Crippen molar-refractivity contribution in [3.05, 3.63) is 33.9 Å². The standard InChI is InChI=1S/C10H13N3O4S/c1-7-9(13(14)15)3-2-4-10(7)18(16,17)12-8-5-11-6-8/h2-4,8,11-12H,5-6H2,1H3. The summed E-state index contributed by atoms with van der Waals surface area (Å²) < 4.78 is 26.6. The van der Waals surface area contributed by atoms with Gasteiger partial charge < -0.3 is 5.32 Å². The molecule has 0 atom stereocenters. The first-order chi connectivity index (χ1) is 8.42. The highest BCUT2D eigenvalue weighted by Crippen LogP contribution is 2.24. The predicted octanol–water partition coefficient (Wildman–Crippen LogP) is 0.153. The molecular weight excluding hydrogens is 258 g/mol. The summed E-state index contributed by atoms with van der Waals surface area (Å²) in [5.41, 5.74) is -0.0353. The number of nitrogens with zero attached hydrogens (tertiary/aromatic N) is 1. The fourth-order valence-electron chi connectivity index (χ4n) is 1.75. The molecule has 98 valence electrons. The Morgan fingerprint density at radius 1 is 1.44 bits per heavy atom. The van der Waals surface area contributed by atoms with Crippen LogP contribution in [0.1, 0.15) is 5.56 Å². The average Bonchev–Trinajstić information content (AvgIpc) is 2.23. The zero-order valence-electron chi connectivity index (χ0n) is 9.71. The van der Waals surface area contributed by atoms with E-state index < -0.39 is 14.9 Å². The number of benzene rings is 1. The minimum Gasteiger partial charge on any atom is -0.313 e. The monoisotopic (exact) mass is 271 g/mol. The Balaban J connectivity index is 2.37. The topological polar surface area (TPSA) is 101 Å². The second-order valence-electron chi connectivity index (χ2n) is 4.13. The van der Waals surface area contributed by atoms with Crippen molar-refractivity contribution in [3.8, 4) is 0 Å². The number of nitro groups is 1. The maximum atomic E-state index is 12.1. The highest BCUT2D eigenvalue weighted by Gasteiger charge is 2.27. The van der Waals surface area contributed by atoms with Crippen LogP contribution in [-0.4, -0.2) is 32.5 Å². The molecule has 0 bridgehead atoms. The van der Waals surface area contributed by atoms with Crippen LogP contribution in [0.2, 0.25) is 0 Å². The molecule has 18 heavy (non-hydrogen) atoms. The number of nitrogens with one attached hydrogen (secondary N) is 2. The third-order valence-electron chi connectivity index (χ3n) is 2.85. The molecule has 0 radical (unpaired) electrons. The quantitative estimate of drug-likeness (QED) is 0.599. The molecule has 2 rings (SSSR count). The van der Waals surface area contributed by atoms with Crippen LogP contribution in [-0.2, 0) is 10.0 Å². The summed E-state index contributed by atoms with van der Waals surface area (Å²) >= 11 is 0. The van der Waals surface area contributed by atoms with Crippen LogP contribution in [0, 0.1) is 17.0 Å². The van der Waals surface area contributed by atoms with Crippen molar-refractivity contribution in [1.29, 1.82) is 0 Å². The van der Waals surface area contributed by atoms with E-state index in [2.05, 4.69) is 10.0 Å². The van der Waals surface area contributed by atoms with Gasteiger partial charge in [0, 0.05) is 30.8 Å². The Morgan fingerprint density at radius 2 is 2.11 bits per heavy atom. The van der Waals surface area contributed by atoms with Gasteiger partial charge >= 0.3 is 0 Å². The summed E-state index contributed by atoms with van der Waals surface area (Å²) in [5.74, 6) is 0. The van der Waals surface area contributed by atoms with Crippen molar-refractivity contribution in [2.45, 2.75) is 17.9 Å². The van der Waals surface area contributed by atoms with E-state index in [0.717, 1.165) is 0 Å². The van der Waals surface area contributed by atoms with E-state index in [0.29, 0.717) is 13.1 Å². The molecule has 0 aliphatic carbocycles. The molecule has 1 aliphatic rings. The molecule has 7 nitrogen and oxygen atoms in total. The van der Waals surface area contributed by atoms with Crippen LogP contribution in [0.4, 0.5) is 5.69 Å². The molecular formula is C10H13N3O4S. The third-order valence-corrected chi connectivity index (χ3v) is 4.51. The van der Waals surface area contributed by atoms with Crippen LogP contribution in [0.3, 0.4) is 0 Å². The van der Waals surface area contributed by atoms with E-state index >= 15 is 0 Å². The van der Waals surface area contributed by atoms with Crippen molar-refractivity contribution in [1.82, 2.24) is 10.0 Å². The minimum absolute atomic E-state index is 0.0383. The van der Waals surface area contributed by atoms with Gasteiger partial charge in [0.25, 0.3) is 5.69 Å². The SMILES string of the molecule is Cc1c([N+](=O)[O-])cccc1S(=O)(=O)NC1CNC1. The number of sulfonamides is 1. The second-order valence-corrected chi connectivity index (χ2v) is 5.82. The van der Waals surface area contributed by atoms with Gasteiger partial charge in [-0.05, 0) is 13.0 Å². The Bertz CT molecular complexity index is 581. The minimum atomic E-state index is -3.70. The van der Waals surface area contributed by atoms with E-state index in [1.165, 1.54) is 25.1 Å². The van der Waals surface area contributed by atoms with E-state index in [-0.39, 0.29) is 22.2 Å².